The maximum absolute atomic E-state index is 11.7. The molecule has 2 N–H and O–H groups in total. The quantitative estimate of drug-likeness (QED) is 0.842. The summed E-state index contributed by atoms with van der Waals surface area (Å²) in [5, 5.41) is 12.6. The van der Waals surface area contributed by atoms with Crippen molar-refractivity contribution >= 4 is 21.8 Å². The van der Waals surface area contributed by atoms with Crippen molar-refractivity contribution in [1.82, 2.24) is 5.32 Å². The Bertz CT molecular complexity index is 572. The number of aliphatic hydroxyl groups excluding tert-OH is 1. The molecule has 5 heteroatoms. The van der Waals surface area contributed by atoms with Gasteiger partial charge < -0.3 is 15.2 Å². The van der Waals surface area contributed by atoms with Crippen LogP contribution < -0.4 is 10.1 Å². The number of rotatable bonds is 6. The Hall–Kier alpha value is -1.85. The molecule has 0 saturated heterocycles. The van der Waals surface area contributed by atoms with Gasteiger partial charge in [0.25, 0.3) is 5.91 Å². The van der Waals surface area contributed by atoms with Crippen LogP contribution in [0.1, 0.15) is 11.7 Å². The van der Waals surface area contributed by atoms with Gasteiger partial charge in [0.2, 0.25) is 0 Å². The largest absolute Gasteiger partial charge is 0.484 e. The second kappa shape index (κ2) is 7.81. The van der Waals surface area contributed by atoms with E-state index in [9.17, 15) is 9.90 Å². The molecule has 0 aromatic heterocycles. The standard InChI is InChI=1S/C16H16BrNO3/c17-13-6-8-14(9-7-13)21-11-16(20)18-10-15(19)12-4-2-1-3-5-12/h1-9,15,19H,10-11H2,(H,18,20). The predicted molar refractivity (Wildman–Crippen MR) is 84.0 cm³/mol. The molecular formula is C16H16BrNO3. The average Bonchev–Trinajstić information content (AvgIpc) is 2.53. The number of nitrogens with one attached hydrogen (secondary N) is 1. The van der Waals surface area contributed by atoms with E-state index in [0.717, 1.165) is 10.0 Å². The molecule has 2 aromatic carbocycles. The fraction of sp³-hybridized carbons (Fsp3) is 0.188. The summed E-state index contributed by atoms with van der Waals surface area (Å²) in [4.78, 5) is 11.7. The first-order valence-electron chi connectivity index (χ1n) is 6.53. The van der Waals surface area contributed by atoms with Gasteiger partial charge in [0.1, 0.15) is 5.75 Å². The van der Waals surface area contributed by atoms with E-state index in [1.807, 2.05) is 42.5 Å². The molecule has 0 radical (unpaired) electrons. The van der Waals surface area contributed by atoms with Crippen LogP contribution >= 0.6 is 15.9 Å². The number of benzene rings is 2. The lowest BCUT2D eigenvalue weighted by atomic mass is 10.1. The zero-order valence-electron chi connectivity index (χ0n) is 11.3. The molecule has 0 bridgehead atoms. The summed E-state index contributed by atoms with van der Waals surface area (Å²) in [5.74, 6) is 0.352. The van der Waals surface area contributed by atoms with Crippen LogP contribution in [-0.4, -0.2) is 24.2 Å². The van der Waals surface area contributed by atoms with E-state index in [-0.39, 0.29) is 19.1 Å². The zero-order chi connectivity index (χ0) is 15.1. The van der Waals surface area contributed by atoms with Crippen molar-refractivity contribution in [3.63, 3.8) is 0 Å². The van der Waals surface area contributed by atoms with Gasteiger partial charge in [-0.1, -0.05) is 46.3 Å². The highest BCUT2D eigenvalue weighted by Gasteiger charge is 2.09. The van der Waals surface area contributed by atoms with E-state index >= 15 is 0 Å². The third-order valence-electron chi connectivity index (χ3n) is 2.86. The number of hydrogen-bond donors (Lipinski definition) is 2. The minimum atomic E-state index is -0.720. The number of aliphatic hydroxyl groups is 1. The van der Waals surface area contributed by atoms with E-state index in [4.69, 9.17) is 4.74 Å². The lowest BCUT2D eigenvalue weighted by Crippen LogP contribution is -2.32. The first-order valence-corrected chi connectivity index (χ1v) is 7.32. The van der Waals surface area contributed by atoms with Gasteiger partial charge in [0.15, 0.2) is 6.61 Å². The minimum absolute atomic E-state index is 0.0802. The number of carbonyl (C=O) groups is 1. The molecule has 1 atom stereocenters. The second-order valence-electron chi connectivity index (χ2n) is 4.47. The van der Waals surface area contributed by atoms with Crippen molar-refractivity contribution in [2.24, 2.45) is 0 Å². The van der Waals surface area contributed by atoms with Crippen molar-refractivity contribution in [3.05, 3.63) is 64.6 Å². The van der Waals surface area contributed by atoms with Gasteiger partial charge in [-0.15, -0.1) is 0 Å². The Balaban J connectivity index is 1.73. The van der Waals surface area contributed by atoms with Gasteiger partial charge in [-0.05, 0) is 29.8 Å². The Morgan fingerprint density at radius 3 is 2.48 bits per heavy atom. The highest BCUT2D eigenvalue weighted by Crippen LogP contribution is 2.16. The molecule has 0 aliphatic carbocycles. The van der Waals surface area contributed by atoms with E-state index in [1.165, 1.54) is 0 Å². The van der Waals surface area contributed by atoms with Gasteiger partial charge in [-0.2, -0.15) is 0 Å². The van der Waals surface area contributed by atoms with Crippen LogP contribution in [0.15, 0.2) is 59.1 Å². The van der Waals surface area contributed by atoms with Crippen molar-refractivity contribution in [3.8, 4) is 5.75 Å². The van der Waals surface area contributed by atoms with Crippen molar-refractivity contribution < 1.29 is 14.6 Å². The van der Waals surface area contributed by atoms with E-state index in [2.05, 4.69) is 21.2 Å². The van der Waals surface area contributed by atoms with Crippen LogP contribution in [0.2, 0.25) is 0 Å². The molecule has 1 unspecified atom stereocenters. The van der Waals surface area contributed by atoms with Crippen molar-refractivity contribution in [2.75, 3.05) is 13.2 Å². The molecule has 0 spiro atoms. The summed E-state index contributed by atoms with van der Waals surface area (Å²) >= 11 is 3.33. The Morgan fingerprint density at radius 2 is 1.81 bits per heavy atom. The number of ether oxygens (including phenoxy) is 1. The van der Waals surface area contributed by atoms with Crippen LogP contribution in [0.4, 0.5) is 0 Å². The molecule has 0 aliphatic heterocycles. The van der Waals surface area contributed by atoms with Crippen LogP contribution in [0.25, 0.3) is 0 Å². The Kier molecular flexibility index (Phi) is 5.78. The third kappa shape index (κ3) is 5.21. The monoisotopic (exact) mass is 349 g/mol. The van der Waals surface area contributed by atoms with Crippen LogP contribution in [0, 0.1) is 0 Å². The molecule has 0 fully saturated rings. The predicted octanol–water partition coefficient (Wildman–Crippen LogP) is 2.68. The summed E-state index contributed by atoms with van der Waals surface area (Å²) in [6, 6.07) is 16.4. The van der Waals surface area contributed by atoms with Crippen LogP contribution in [0.5, 0.6) is 5.75 Å². The molecule has 110 valence electrons. The minimum Gasteiger partial charge on any atom is -0.484 e. The van der Waals surface area contributed by atoms with Crippen molar-refractivity contribution in [1.29, 1.82) is 0 Å². The zero-order valence-corrected chi connectivity index (χ0v) is 12.9. The lowest BCUT2D eigenvalue weighted by molar-refractivity contribution is -0.123. The Morgan fingerprint density at radius 1 is 1.14 bits per heavy atom. The summed E-state index contributed by atoms with van der Waals surface area (Å²) in [7, 11) is 0. The summed E-state index contributed by atoms with van der Waals surface area (Å²) in [5.41, 5.74) is 0.770. The topological polar surface area (TPSA) is 58.6 Å². The molecular weight excluding hydrogens is 334 g/mol. The van der Waals surface area contributed by atoms with Crippen molar-refractivity contribution in [2.45, 2.75) is 6.10 Å². The SMILES string of the molecule is O=C(COc1ccc(Br)cc1)NCC(O)c1ccccc1. The fourth-order valence-electron chi connectivity index (χ4n) is 1.73. The second-order valence-corrected chi connectivity index (χ2v) is 5.39. The molecule has 2 aromatic rings. The summed E-state index contributed by atoms with van der Waals surface area (Å²) in [6.07, 6.45) is -0.720. The third-order valence-corrected chi connectivity index (χ3v) is 3.39. The summed E-state index contributed by atoms with van der Waals surface area (Å²) < 4.78 is 6.30. The van der Waals surface area contributed by atoms with Gasteiger partial charge in [-0.3, -0.25) is 4.79 Å². The van der Waals surface area contributed by atoms with E-state index in [1.54, 1.807) is 12.1 Å². The highest BCUT2D eigenvalue weighted by molar-refractivity contribution is 9.10. The fourth-order valence-corrected chi connectivity index (χ4v) is 2.00. The van der Waals surface area contributed by atoms with Crippen LogP contribution in [-0.2, 0) is 4.79 Å². The first-order chi connectivity index (χ1) is 10.1. The molecule has 0 saturated carbocycles. The number of carbonyl (C=O) groups excluding carboxylic acids is 1. The molecule has 21 heavy (non-hydrogen) atoms. The number of amides is 1. The van der Waals surface area contributed by atoms with Gasteiger partial charge in [0.05, 0.1) is 6.10 Å². The van der Waals surface area contributed by atoms with Gasteiger partial charge in [0, 0.05) is 11.0 Å². The lowest BCUT2D eigenvalue weighted by Gasteiger charge is -2.12. The summed E-state index contributed by atoms with van der Waals surface area (Å²) in [6.45, 7) is 0.0791. The molecule has 1 amide bonds. The van der Waals surface area contributed by atoms with E-state index < -0.39 is 6.10 Å². The maximum atomic E-state index is 11.7. The first kappa shape index (κ1) is 15.5. The van der Waals surface area contributed by atoms with Gasteiger partial charge in [-0.25, -0.2) is 0 Å². The maximum Gasteiger partial charge on any atom is 0.258 e. The Labute approximate surface area is 131 Å². The molecule has 0 heterocycles. The molecule has 4 nitrogen and oxygen atoms in total. The normalized spacial score (nSPS) is 11.7. The smallest absolute Gasteiger partial charge is 0.258 e. The highest BCUT2D eigenvalue weighted by atomic mass is 79.9. The average molecular weight is 350 g/mol. The number of halogens is 1. The van der Waals surface area contributed by atoms with E-state index in [0.29, 0.717) is 5.75 Å². The molecule has 0 aliphatic rings. The van der Waals surface area contributed by atoms with Gasteiger partial charge >= 0.3 is 0 Å². The molecule has 2 rings (SSSR count). The van der Waals surface area contributed by atoms with Crippen LogP contribution in [0.3, 0.4) is 0 Å². The number of hydrogen-bond acceptors (Lipinski definition) is 3.